The molecular formula is C26H30ClN5O2. The molecule has 0 radical (unpaired) electrons. The molecule has 1 aliphatic carbocycles. The first-order chi connectivity index (χ1) is 16.2. The number of carbonyl (C=O) groups excluding carboxylic acids is 2. The first kappa shape index (κ1) is 24.2. The molecule has 2 amide bonds. The van der Waals surface area contributed by atoms with Crippen LogP contribution in [0.4, 0.5) is 5.69 Å². The first-order valence-electron chi connectivity index (χ1n) is 11.7. The number of aromatic nitrogens is 1. The van der Waals surface area contributed by atoms with Crippen molar-refractivity contribution in [2.24, 2.45) is 5.92 Å². The van der Waals surface area contributed by atoms with E-state index in [0.29, 0.717) is 46.4 Å². The van der Waals surface area contributed by atoms with Gasteiger partial charge in [0.1, 0.15) is 6.07 Å². The molecule has 1 saturated heterocycles. The zero-order valence-electron chi connectivity index (χ0n) is 19.9. The van der Waals surface area contributed by atoms with Gasteiger partial charge in [-0.15, -0.1) is 0 Å². The van der Waals surface area contributed by atoms with E-state index in [1.807, 2.05) is 17.9 Å². The van der Waals surface area contributed by atoms with Crippen LogP contribution in [0.2, 0.25) is 5.02 Å². The number of amides is 2. The highest BCUT2D eigenvalue weighted by molar-refractivity contribution is 6.31. The molecule has 1 unspecified atom stereocenters. The maximum absolute atomic E-state index is 12.8. The van der Waals surface area contributed by atoms with E-state index in [0.717, 1.165) is 30.8 Å². The van der Waals surface area contributed by atoms with E-state index in [-0.39, 0.29) is 17.9 Å². The molecular weight excluding hydrogens is 450 g/mol. The largest absolute Gasteiger partial charge is 0.337 e. The minimum atomic E-state index is -0.336. The van der Waals surface area contributed by atoms with E-state index in [1.165, 1.54) is 19.0 Å². The summed E-state index contributed by atoms with van der Waals surface area (Å²) in [5.74, 6) is 0.545. The van der Waals surface area contributed by atoms with Gasteiger partial charge < -0.3 is 10.2 Å². The molecule has 1 saturated carbocycles. The van der Waals surface area contributed by atoms with E-state index in [4.69, 9.17) is 11.6 Å². The Morgan fingerprint density at radius 2 is 2.00 bits per heavy atom. The highest BCUT2D eigenvalue weighted by Crippen LogP contribution is 2.33. The molecule has 8 heteroatoms. The van der Waals surface area contributed by atoms with Gasteiger partial charge in [0.2, 0.25) is 5.91 Å². The molecule has 2 aromatic rings. The van der Waals surface area contributed by atoms with Gasteiger partial charge in [0.15, 0.2) is 0 Å². The molecule has 2 aliphatic rings. The van der Waals surface area contributed by atoms with Gasteiger partial charge in [-0.1, -0.05) is 11.6 Å². The van der Waals surface area contributed by atoms with Crippen LogP contribution in [0, 0.1) is 31.1 Å². The van der Waals surface area contributed by atoms with Gasteiger partial charge in [0, 0.05) is 55.5 Å². The van der Waals surface area contributed by atoms with Gasteiger partial charge in [0.05, 0.1) is 16.8 Å². The lowest BCUT2D eigenvalue weighted by Crippen LogP contribution is -2.53. The second kappa shape index (κ2) is 10.1. The van der Waals surface area contributed by atoms with Crippen LogP contribution in [0.25, 0.3) is 0 Å². The molecule has 2 fully saturated rings. The van der Waals surface area contributed by atoms with Crippen molar-refractivity contribution in [3.63, 3.8) is 0 Å². The lowest BCUT2D eigenvalue weighted by atomic mass is 10.0. The molecule has 1 aromatic carbocycles. The van der Waals surface area contributed by atoms with Gasteiger partial charge in [-0.05, 0) is 68.9 Å². The molecule has 0 bridgehead atoms. The number of rotatable bonds is 6. The van der Waals surface area contributed by atoms with E-state index >= 15 is 0 Å². The summed E-state index contributed by atoms with van der Waals surface area (Å²) in [4.78, 5) is 33.9. The van der Waals surface area contributed by atoms with Crippen molar-refractivity contribution in [3.05, 3.63) is 57.4 Å². The molecule has 178 valence electrons. The number of anilines is 1. The number of carbonyl (C=O) groups is 2. The number of nitrogens with one attached hydrogen (secondary N) is 1. The smallest absolute Gasteiger partial charge is 0.257 e. The highest BCUT2D eigenvalue weighted by atomic mass is 35.5. The zero-order valence-corrected chi connectivity index (χ0v) is 20.7. The van der Waals surface area contributed by atoms with Crippen LogP contribution in [0.3, 0.4) is 0 Å². The third-order valence-corrected chi connectivity index (χ3v) is 7.00. The minimum Gasteiger partial charge on any atom is -0.337 e. The average molecular weight is 480 g/mol. The summed E-state index contributed by atoms with van der Waals surface area (Å²) in [6.45, 7) is 8.84. The third-order valence-electron chi connectivity index (χ3n) is 6.78. The molecule has 1 aromatic heterocycles. The summed E-state index contributed by atoms with van der Waals surface area (Å²) < 4.78 is 0. The van der Waals surface area contributed by atoms with Crippen molar-refractivity contribution >= 4 is 29.1 Å². The maximum atomic E-state index is 12.8. The number of halogens is 1. The molecule has 7 nitrogen and oxygen atoms in total. The fourth-order valence-corrected chi connectivity index (χ4v) is 4.71. The predicted molar refractivity (Wildman–Crippen MR) is 132 cm³/mol. The fourth-order valence-electron chi connectivity index (χ4n) is 4.47. The summed E-state index contributed by atoms with van der Waals surface area (Å²) in [7, 11) is 0. The molecule has 4 rings (SSSR count). The molecule has 1 atom stereocenters. The van der Waals surface area contributed by atoms with Crippen LogP contribution in [0.1, 0.15) is 58.9 Å². The third kappa shape index (κ3) is 5.57. The number of benzene rings is 1. The van der Waals surface area contributed by atoms with Crippen molar-refractivity contribution in [1.82, 2.24) is 14.8 Å². The van der Waals surface area contributed by atoms with Crippen LogP contribution in [0.15, 0.2) is 24.4 Å². The van der Waals surface area contributed by atoms with Crippen molar-refractivity contribution < 1.29 is 9.59 Å². The standard InChI is InChI=1S/C26H30ClN5O2/c1-16-14-31(6-7-32(16)25(33)8-19-4-5-19)15-22-10-23(27)11-24(17(22)2)30-26(34)21-9-20(12-28)18(3)29-13-21/h9-11,13,16,19H,4-8,14-15H2,1-3H3,(H,30,34). The number of hydrogen-bond donors (Lipinski definition) is 1. The second-order valence-electron chi connectivity index (χ2n) is 9.48. The average Bonchev–Trinajstić information content (AvgIpc) is 3.61. The van der Waals surface area contributed by atoms with Gasteiger partial charge in [-0.25, -0.2) is 0 Å². The van der Waals surface area contributed by atoms with Crippen LogP contribution in [-0.4, -0.2) is 52.3 Å². The van der Waals surface area contributed by atoms with E-state index < -0.39 is 0 Å². The predicted octanol–water partition coefficient (Wildman–Crippen LogP) is 4.31. The number of pyridine rings is 1. The van der Waals surface area contributed by atoms with Gasteiger partial charge in [-0.2, -0.15) is 5.26 Å². The van der Waals surface area contributed by atoms with Crippen molar-refractivity contribution in [1.29, 1.82) is 5.26 Å². The SMILES string of the molecule is Cc1ncc(C(=O)Nc2cc(Cl)cc(CN3CCN(C(=O)CC4CC4)C(C)C3)c2C)cc1C#N. The topological polar surface area (TPSA) is 89.3 Å². The van der Waals surface area contributed by atoms with E-state index in [2.05, 4.69) is 28.2 Å². The molecule has 34 heavy (non-hydrogen) atoms. The lowest BCUT2D eigenvalue weighted by Gasteiger charge is -2.40. The zero-order chi connectivity index (χ0) is 24.4. The normalized spacial score (nSPS) is 18.4. The summed E-state index contributed by atoms with van der Waals surface area (Å²) in [5, 5.41) is 12.7. The van der Waals surface area contributed by atoms with Crippen LogP contribution < -0.4 is 5.32 Å². The summed E-state index contributed by atoms with van der Waals surface area (Å²) >= 11 is 6.41. The Morgan fingerprint density at radius 1 is 1.24 bits per heavy atom. The van der Waals surface area contributed by atoms with E-state index in [9.17, 15) is 14.9 Å². The van der Waals surface area contributed by atoms with E-state index in [1.54, 1.807) is 19.1 Å². The van der Waals surface area contributed by atoms with Crippen molar-refractivity contribution in [2.45, 2.75) is 52.6 Å². The Balaban J connectivity index is 1.44. The quantitative estimate of drug-likeness (QED) is 0.666. The van der Waals surface area contributed by atoms with Gasteiger partial charge in [-0.3, -0.25) is 19.5 Å². The maximum Gasteiger partial charge on any atom is 0.257 e. The van der Waals surface area contributed by atoms with Crippen LogP contribution >= 0.6 is 11.6 Å². The minimum absolute atomic E-state index is 0.169. The number of hydrogen-bond acceptors (Lipinski definition) is 5. The molecule has 2 heterocycles. The van der Waals surface area contributed by atoms with Crippen LogP contribution in [0.5, 0.6) is 0 Å². The number of nitriles is 1. The first-order valence-corrected chi connectivity index (χ1v) is 12.1. The second-order valence-corrected chi connectivity index (χ2v) is 9.92. The Kier molecular flexibility index (Phi) is 7.20. The van der Waals surface area contributed by atoms with Crippen molar-refractivity contribution in [2.75, 3.05) is 25.0 Å². The fraction of sp³-hybridized carbons (Fsp3) is 0.462. The van der Waals surface area contributed by atoms with Gasteiger partial charge in [0.25, 0.3) is 5.91 Å². The Labute approximate surface area is 205 Å². The summed E-state index contributed by atoms with van der Waals surface area (Å²) in [6, 6.07) is 7.45. The Hall–Kier alpha value is -2.95. The number of nitrogens with zero attached hydrogens (tertiary/aromatic N) is 4. The molecule has 1 aliphatic heterocycles. The van der Waals surface area contributed by atoms with Crippen molar-refractivity contribution in [3.8, 4) is 6.07 Å². The summed E-state index contributed by atoms with van der Waals surface area (Å²) in [6.07, 6.45) is 4.53. The Bertz CT molecular complexity index is 1150. The van der Waals surface area contributed by atoms with Gasteiger partial charge >= 0.3 is 0 Å². The van der Waals surface area contributed by atoms with Crippen LogP contribution in [-0.2, 0) is 11.3 Å². The lowest BCUT2D eigenvalue weighted by molar-refractivity contribution is -0.136. The highest BCUT2D eigenvalue weighted by Gasteiger charge is 2.32. The summed E-state index contributed by atoms with van der Waals surface area (Å²) in [5.41, 5.74) is 3.90. The Morgan fingerprint density at radius 3 is 2.68 bits per heavy atom. The number of piperazine rings is 1. The monoisotopic (exact) mass is 479 g/mol. The molecule has 0 spiro atoms. The number of aryl methyl sites for hydroxylation is 1. The molecule has 1 N–H and O–H groups in total.